The van der Waals surface area contributed by atoms with Gasteiger partial charge in [0.05, 0.1) is 18.1 Å². The third kappa shape index (κ3) is 4.36. The molecule has 0 saturated carbocycles. The molecule has 0 atom stereocenters. The minimum absolute atomic E-state index is 0. The second-order valence-corrected chi connectivity index (χ2v) is 6.72. The lowest BCUT2D eigenvalue weighted by atomic mass is 10.0. The van der Waals surface area contributed by atoms with Gasteiger partial charge in [-0.2, -0.15) is 8.78 Å². The van der Waals surface area contributed by atoms with E-state index in [0.29, 0.717) is 13.1 Å². The fourth-order valence-electron chi connectivity index (χ4n) is 3.37. The van der Waals surface area contributed by atoms with E-state index >= 15 is 0 Å². The molecular formula is C18H20ClF3N6. The maximum atomic E-state index is 14.4. The topological polar surface area (TPSA) is 69.7 Å². The van der Waals surface area contributed by atoms with Crippen molar-refractivity contribution >= 4 is 29.3 Å². The molecule has 4 heterocycles. The highest BCUT2D eigenvalue weighted by Gasteiger charge is 2.36. The summed E-state index contributed by atoms with van der Waals surface area (Å²) in [5, 5.41) is 4.30. The van der Waals surface area contributed by atoms with Gasteiger partial charge in [0.1, 0.15) is 29.3 Å². The zero-order valence-corrected chi connectivity index (χ0v) is 15.7. The number of rotatable bonds is 5. The lowest BCUT2D eigenvalue weighted by molar-refractivity contribution is -0.0458. The monoisotopic (exact) mass is 412 g/mol. The number of anilines is 1. The SMILES string of the molecule is Cl.Fc1ccc(C(F)(F)CN2CCC(Nc3ncnc4[nH]ccc34)CC2)nc1. The number of aromatic nitrogens is 4. The molecule has 0 aromatic carbocycles. The van der Waals surface area contributed by atoms with E-state index < -0.39 is 24.0 Å². The Kier molecular flexibility index (Phi) is 6.04. The van der Waals surface area contributed by atoms with E-state index in [4.69, 9.17) is 0 Å². The molecule has 3 aromatic heterocycles. The summed E-state index contributed by atoms with van der Waals surface area (Å²) in [6, 6.07) is 4.12. The first kappa shape index (κ1) is 20.3. The number of nitrogens with zero attached hydrogens (tertiary/aromatic N) is 4. The van der Waals surface area contributed by atoms with Crippen LogP contribution in [-0.2, 0) is 5.92 Å². The van der Waals surface area contributed by atoms with Crippen LogP contribution in [0.25, 0.3) is 11.0 Å². The highest BCUT2D eigenvalue weighted by molar-refractivity contribution is 5.86. The molecule has 6 nitrogen and oxygen atoms in total. The molecule has 0 radical (unpaired) electrons. The van der Waals surface area contributed by atoms with Crippen molar-refractivity contribution in [1.29, 1.82) is 0 Å². The summed E-state index contributed by atoms with van der Waals surface area (Å²) < 4.78 is 41.7. The molecule has 0 unspecified atom stereocenters. The van der Waals surface area contributed by atoms with Crippen LogP contribution in [0.1, 0.15) is 18.5 Å². The largest absolute Gasteiger partial charge is 0.367 e. The Balaban J connectivity index is 0.00000225. The summed E-state index contributed by atoms with van der Waals surface area (Å²) in [5.74, 6) is -2.99. The molecule has 0 amide bonds. The van der Waals surface area contributed by atoms with Crippen LogP contribution in [0.15, 0.2) is 36.9 Å². The van der Waals surface area contributed by atoms with Gasteiger partial charge in [0.25, 0.3) is 0 Å². The zero-order valence-electron chi connectivity index (χ0n) is 14.9. The van der Waals surface area contributed by atoms with Crippen molar-refractivity contribution in [1.82, 2.24) is 24.8 Å². The number of hydrogen-bond acceptors (Lipinski definition) is 5. The van der Waals surface area contributed by atoms with Crippen LogP contribution >= 0.6 is 12.4 Å². The molecule has 0 spiro atoms. The van der Waals surface area contributed by atoms with Gasteiger partial charge in [0, 0.05) is 25.3 Å². The molecule has 1 aliphatic rings. The molecule has 28 heavy (non-hydrogen) atoms. The van der Waals surface area contributed by atoms with Gasteiger partial charge in [-0.05, 0) is 31.0 Å². The van der Waals surface area contributed by atoms with Crippen LogP contribution in [0.3, 0.4) is 0 Å². The van der Waals surface area contributed by atoms with Gasteiger partial charge in [-0.25, -0.2) is 14.4 Å². The number of halogens is 4. The first-order valence-electron chi connectivity index (χ1n) is 8.78. The van der Waals surface area contributed by atoms with Gasteiger partial charge in [0.15, 0.2) is 0 Å². The van der Waals surface area contributed by atoms with Crippen molar-refractivity contribution in [2.75, 3.05) is 25.0 Å². The second kappa shape index (κ2) is 8.32. The molecule has 1 aliphatic heterocycles. The molecule has 0 aliphatic carbocycles. The molecule has 2 N–H and O–H groups in total. The Labute approximate surface area is 166 Å². The number of fused-ring (bicyclic) bond motifs is 1. The number of H-pyrrole nitrogens is 1. The van der Waals surface area contributed by atoms with Gasteiger partial charge in [-0.15, -0.1) is 12.4 Å². The van der Waals surface area contributed by atoms with E-state index in [9.17, 15) is 13.2 Å². The lowest BCUT2D eigenvalue weighted by Crippen LogP contribution is -2.44. The third-order valence-electron chi connectivity index (χ3n) is 4.81. The maximum absolute atomic E-state index is 14.4. The standard InChI is InChI=1S/C18H19F3N6.ClH/c19-12-1-2-15(23-9-12)18(20,21)10-27-7-4-13(5-8-27)26-17-14-3-6-22-16(14)24-11-25-17;/h1-3,6,9,11,13H,4-5,7-8,10H2,(H2,22,24,25,26);1H. The van der Waals surface area contributed by atoms with Crippen molar-refractivity contribution < 1.29 is 13.2 Å². The molecular weight excluding hydrogens is 393 g/mol. The quantitative estimate of drug-likeness (QED) is 0.670. The van der Waals surface area contributed by atoms with E-state index in [-0.39, 0.29) is 18.4 Å². The minimum Gasteiger partial charge on any atom is -0.367 e. The van der Waals surface area contributed by atoms with Gasteiger partial charge in [-0.1, -0.05) is 0 Å². The maximum Gasteiger partial charge on any atom is 0.302 e. The average molecular weight is 413 g/mol. The van der Waals surface area contributed by atoms with Crippen LogP contribution in [0, 0.1) is 5.82 Å². The summed E-state index contributed by atoms with van der Waals surface area (Å²) >= 11 is 0. The molecule has 1 saturated heterocycles. The third-order valence-corrected chi connectivity index (χ3v) is 4.81. The van der Waals surface area contributed by atoms with Gasteiger partial charge >= 0.3 is 5.92 Å². The Morgan fingerprint density at radius 3 is 2.64 bits per heavy atom. The van der Waals surface area contributed by atoms with E-state index in [1.807, 2.05) is 6.07 Å². The van der Waals surface area contributed by atoms with Gasteiger partial charge < -0.3 is 10.3 Å². The number of aromatic amines is 1. The number of alkyl halides is 2. The predicted molar refractivity (Wildman–Crippen MR) is 102 cm³/mol. The molecule has 4 rings (SSSR count). The first-order valence-corrected chi connectivity index (χ1v) is 8.78. The number of piperidine rings is 1. The summed E-state index contributed by atoms with van der Waals surface area (Å²) in [6.07, 6.45) is 5.57. The molecule has 150 valence electrons. The summed E-state index contributed by atoms with van der Waals surface area (Å²) in [4.78, 5) is 16.7. The Morgan fingerprint density at radius 2 is 1.93 bits per heavy atom. The normalized spacial score (nSPS) is 16.1. The smallest absolute Gasteiger partial charge is 0.302 e. The van der Waals surface area contributed by atoms with E-state index in [0.717, 1.165) is 48.0 Å². The van der Waals surface area contributed by atoms with Crippen molar-refractivity contribution in [2.45, 2.75) is 24.8 Å². The van der Waals surface area contributed by atoms with Gasteiger partial charge in [-0.3, -0.25) is 9.88 Å². The van der Waals surface area contributed by atoms with Crippen molar-refractivity contribution in [3.8, 4) is 0 Å². The van der Waals surface area contributed by atoms with E-state index in [1.54, 1.807) is 11.1 Å². The zero-order chi connectivity index (χ0) is 18.9. The Bertz CT molecular complexity index is 909. The highest BCUT2D eigenvalue weighted by atomic mass is 35.5. The lowest BCUT2D eigenvalue weighted by Gasteiger charge is -2.34. The number of hydrogen-bond donors (Lipinski definition) is 2. The average Bonchev–Trinajstić information content (AvgIpc) is 3.13. The minimum atomic E-state index is -3.11. The predicted octanol–water partition coefficient (Wildman–Crippen LogP) is 3.58. The van der Waals surface area contributed by atoms with E-state index in [2.05, 4.69) is 25.3 Å². The first-order chi connectivity index (χ1) is 13.0. The van der Waals surface area contributed by atoms with Crippen LogP contribution < -0.4 is 5.32 Å². The van der Waals surface area contributed by atoms with Crippen LogP contribution in [0.2, 0.25) is 0 Å². The number of pyridine rings is 1. The molecule has 1 fully saturated rings. The molecule has 10 heteroatoms. The summed E-state index contributed by atoms with van der Waals surface area (Å²) in [7, 11) is 0. The van der Waals surface area contributed by atoms with Crippen LogP contribution in [0.5, 0.6) is 0 Å². The van der Waals surface area contributed by atoms with Crippen molar-refractivity contribution in [3.63, 3.8) is 0 Å². The fraction of sp³-hybridized carbons (Fsp3) is 0.389. The van der Waals surface area contributed by atoms with Crippen molar-refractivity contribution in [3.05, 3.63) is 48.4 Å². The Hall–Kier alpha value is -2.39. The van der Waals surface area contributed by atoms with E-state index in [1.165, 1.54) is 6.33 Å². The second-order valence-electron chi connectivity index (χ2n) is 6.72. The molecule has 0 bridgehead atoms. The Morgan fingerprint density at radius 1 is 1.14 bits per heavy atom. The van der Waals surface area contributed by atoms with Crippen molar-refractivity contribution in [2.24, 2.45) is 0 Å². The molecule has 3 aromatic rings. The van der Waals surface area contributed by atoms with Gasteiger partial charge in [0.2, 0.25) is 0 Å². The fourth-order valence-corrected chi connectivity index (χ4v) is 3.37. The highest BCUT2D eigenvalue weighted by Crippen LogP contribution is 2.29. The van der Waals surface area contributed by atoms with Crippen LogP contribution in [-0.4, -0.2) is 50.5 Å². The van der Waals surface area contributed by atoms with Crippen LogP contribution in [0.4, 0.5) is 19.0 Å². The number of nitrogens with one attached hydrogen (secondary N) is 2. The number of likely N-dealkylation sites (tertiary alicyclic amines) is 1. The summed E-state index contributed by atoms with van der Waals surface area (Å²) in [5.41, 5.74) is 0.358. The summed E-state index contributed by atoms with van der Waals surface area (Å²) in [6.45, 7) is 0.652.